The molecule has 1 aromatic heterocycles. The van der Waals surface area contributed by atoms with Crippen LogP contribution >= 0.6 is 0 Å². The smallest absolute Gasteiger partial charge is 0.0465 e. The Morgan fingerprint density at radius 3 is 2.31 bits per heavy atom. The molecule has 0 saturated carbocycles. The minimum absolute atomic E-state index is 1.12. The molecule has 32 heavy (non-hydrogen) atoms. The third kappa shape index (κ3) is 3.48. The molecule has 1 heterocycles. The Hall–Kier alpha value is -3.78. The van der Waals surface area contributed by atoms with Crippen LogP contribution in [0.1, 0.15) is 31.2 Å². The van der Waals surface area contributed by atoms with Gasteiger partial charge in [-0.15, -0.1) is 0 Å². The van der Waals surface area contributed by atoms with E-state index in [1.165, 1.54) is 69.0 Å². The maximum absolute atomic E-state index is 3.65. The summed E-state index contributed by atoms with van der Waals surface area (Å²) in [6, 6.07) is 32.6. The lowest BCUT2D eigenvalue weighted by Crippen LogP contribution is -1.99. The van der Waals surface area contributed by atoms with Crippen LogP contribution in [0.4, 0.5) is 11.4 Å². The summed E-state index contributed by atoms with van der Waals surface area (Å²) < 4.78 is 0. The predicted molar refractivity (Wildman–Crippen MR) is 137 cm³/mol. The summed E-state index contributed by atoms with van der Waals surface area (Å²) in [5, 5.41) is 6.21. The summed E-state index contributed by atoms with van der Waals surface area (Å²) in [6.45, 7) is 0. The van der Waals surface area contributed by atoms with Gasteiger partial charge in [-0.3, -0.25) is 0 Å². The SMILES string of the molecule is C1=C(c2cc(-c3ccc4[nH]c5ccccc5c4c3)ccc2Nc2ccccc2)CCCC1. The minimum atomic E-state index is 1.12. The van der Waals surface area contributed by atoms with Gasteiger partial charge in [-0.2, -0.15) is 0 Å². The van der Waals surface area contributed by atoms with Crippen molar-refractivity contribution in [1.82, 2.24) is 4.98 Å². The van der Waals surface area contributed by atoms with Crippen LogP contribution in [-0.4, -0.2) is 4.98 Å². The van der Waals surface area contributed by atoms with E-state index in [0.717, 1.165) is 12.1 Å². The molecule has 6 rings (SSSR count). The first-order valence-corrected chi connectivity index (χ1v) is 11.5. The molecule has 156 valence electrons. The van der Waals surface area contributed by atoms with Gasteiger partial charge in [0.15, 0.2) is 0 Å². The van der Waals surface area contributed by atoms with Crippen LogP contribution in [0.5, 0.6) is 0 Å². The number of fused-ring (bicyclic) bond motifs is 3. The first-order chi connectivity index (χ1) is 15.8. The number of nitrogens with one attached hydrogen (secondary N) is 2. The lowest BCUT2D eigenvalue weighted by Gasteiger charge is -2.19. The van der Waals surface area contributed by atoms with Gasteiger partial charge in [0.25, 0.3) is 0 Å². The highest BCUT2D eigenvalue weighted by atomic mass is 14.9. The van der Waals surface area contributed by atoms with Gasteiger partial charge in [-0.1, -0.05) is 54.6 Å². The normalized spacial score (nSPS) is 13.9. The molecule has 2 N–H and O–H groups in total. The zero-order valence-corrected chi connectivity index (χ0v) is 18.1. The first-order valence-electron chi connectivity index (χ1n) is 11.5. The first kappa shape index (κ1) is 18.9. The van der Waals surface area contributed by atoms with Gasteiger partial charge < -0.3 is 10.3 Å². The standard InChI is InChI=1S/C30H26N2/c1-3-9-21(10-4-1)26-19-22(15-17-29(26)31-24-11-5-2-6-12-24)23-16-18-30-27(20-23)25-13-7-8-14-28(25)32-30/h2,5-9,11-20,31-32H,1,3-4,10H2. The van der Waals surface area contributed by atoms with Crippen molar-refractivity contribution in [3.63, 3.8) is 0 Å². The molecule has 0 fully saturated rings. The fraction of sp³-hybridized carbons (Fsp3) is 0.133. The molecular formula is C30H26N2. The Morgan fingerprint density at radius 2 is 1.44 bits per heavy atom. The molecule has 0 saturated heterocycles. The molecule has 0 unspecified atom stereocenters. The van der Waals surface area contributed by atoms with Crippen molar-refractivity contribution in [3.8, 4) is 11.1 Å². The number of aromatic amines is 1. The van der Waals surface area contributed by atoms with Crippen molar-refractivity contribution in [2.45, 2.75) is 25.7 Å². The summed E-state index contributed by atoms with van der Waals surface area (Å²) in [5.74, 6) is 0. The molecule has 0 aliphatic heterocycles. The highest BCUT2D eigenvalue weighted by Gasteiger charge is 2.14. The molecule has 0 amide bonds. The average molecular weight is 415 g/mol. The molecular weight excluding hydrogens is 388 g/mol. The summed E-state index contributed by atoms with van der Waals surface area (Å²) in [4.78, 5) is 3.54. The van der Waals surface area contributed by atoms with Crippen LogP contribution in [-0.2, 0) is 0 Å². The maximum Gasteiger partial charge on any atom is 0.0465 e. The molecule has 0 spiro atoms. The number of hydrogen-bond acceptors (Lipinski definition) is 1. The maximum atomic E-state index is 3.65. The number of anilines is 2. The van der Waals surface area contributed by atoms with E-state index in [2.05, 4.69) is 107 Å². The van der Waals surface area contributed by atoms with Crippen LogP contribution in [0.3, 0.4) is 0 Å². The highest BCUT2D eigenvalue weighted by molar-refractivity contribution is 6.08. The number of hydrogen-bond donors (Lipinski definition) is 2. The molecule has 2 nitrogen and oxygen atoms in total. The molecule has 1 aliphatic rings. The predicted octanol–water partition coefficient (Wildman–Crippen LogP) is 8.69. The fourth-order valence-corrected chi connectivity index (χ4v) is 4.89. The van der Waals surface area contributed by atoms with E-state index in [-0.39, 0.29) is 0 Å². The molecule has 4 aromatic carbocycles. The Morgan fingerprint density at radius 1 is 0.656 bits per heavy atom. The number of allylic oxidation sites excluding steroid dienone is 2. The minimum Gasteiger partial charge on any atom is -0.355 e. The second kappa shape index (κ2) is 8.05. The third-order valence-corrected chi connectivity index (χ3v) is 6.55. The molecule has 5 aromatic rings. The second-order valence-corrected chi connectivity index (χ2v) is 8.66. The zero-order valence-electron chi connectivity index (χ0n) is 18.1. The van der Waals surface area contributed by atoms with E-state index in [0.29, 0.717) is 0 Å². The van der Waals surface area contributed by atoms with Gasteiger partial charge in [-0.05, 0) is 84.8 Å². The monoisotopic (exact) mass is 414 g/mol. The van der Waals surface area contributed by atoms with Gasteiger partial charge in [0.2, 0.25) is 0 Å². The van der Waals surface area contributed by atoms with E-state index >= 15 is 0 Å². The van der Waals surface area contributed by atoms with Crippen molar-refractivity contribution in [2.24, 2.45) is 0 Å². The number of para-hydroxylation sites is 2. The average Bonchev–Trinajstić information content (AvgIpc) is 3.23. The van der Waals surface area contributed by atoms with Gasteiger partial charge >= 0.3 is 0 Å². The molecule has 0 bridgehead atoms. The van der Waals surface area contributed by atoms with Gasteiger partial charge in [0, 0.05) is 38.7 Å². The van der Waals surface area contributed by atoms with Crippen molar-refractivity contribution in [2.75, 3.05) is 5.32 Å². The number of rotatable bonds is 4. The lowest BCUT2D eigenvalue weighted by molar-refractivity contribution is 0.742. The summed E-state index contributed by atoms with van der Waals surface area (Å²) >= 11 is 0. The quantitative estimate of drug-likeness (QED) is 0.302. The lowest BCUT2D eigenvalue weighted by atomic mass is 9.90. The summed E-state index contributed by atoms with van der Waals surface area (Å²) in [5.41, 5.74) is 9.99. The van der Waals surface area contributed by atoms with E-state index < -0.39 is 0 Å². The highest BCUT2D eigenvalue weighted by Crippen LogP contribution is 2.37. The van der Waals surface area contributed by atoms with Crippen LogP contribution < -0.4 is 5.32 Å². The van der Waals surface area contributed by atoms with Gasteiger partial charge in [0.1, 0.15) is 0 Å². The number of benzene rings is 4. The Kier molecular flexibility index (Phi) is 4.77. The van der Waals surface area contributed by atoms with Crippen molar-refractivity contribution < 1.29 is 0 Å². The Bertz CT molecular complexity index is 1440. The van der Waals surface area contributed by atoms with Crippen LogP contribution in [0, 0.1) is 0 Å². The fourth-order valence-electron chi connectivity index (χ4n) is 4.89. The molecule has 1 aliphatic carbocycles. The molecule has 2 heteroatoms. The van der Waals surface area contributed by atoms with E-state index in [1.807, 2.05) is 0 Å². The van der Waals surface area contributed by atoms with Crippen molar-refractivity contribution in [3.05, 3.63) is 103 Å². The largest absolute Gasteiger partial charge is 0.355 e. The van der Waals surface area contributed by atoms with Gasteiger partial charge in [-0.25, -0.2) is 0 Å². The van der Waals surface area contributed by atoms with Crippen LogP contribution in [0.25, 0.3) is 38.5 Å². The molecule has 0 atom stereocenters. The van der Waals surface area contributed by atoms with Crippen molar-refractivity contribution in [1.29, 1.82) is 0 Å². The van der Waals surface area contributed by atoms with E-state index in [4.69, 9.17) is 0 Å². The summed E-state index contributed by atoms with van der Waals surface area (Å²) in [7, 11) is 0. The Balaban J connectivity index is 1.46. The third-order valence-electron chi connectivity index (χ3n) is 6.55. The second-order valence-electron chi connectivity index (χ2n) is 8.66. The number of H-pyrrole nitrogens is 1. The number of aromatic nitrogens is 1. The van der Waals surface area contributed by atoms with Crippen LogP contribution in [0.15, 0.2) is 97.1 Å². The summed E-state index contributed by atoms with van der Waals surface area (Å²) in [6.07, 6.45) is 7.31. The van der Waals surface area contributed by atoms with Crippen molar-refractivity contribution >= 4 is 38.8 Å². The Labute approximate surface area is 188 Å². The van der Waals surface area contributed by atoms with E-state index in [1.54, 1.807) is 0 Å². The van der Waals surface area contributed by atoms with Gasteiger partial charge in [0.05, 0.1) is 0 Å². The van der Waals surface area contributed by atoms with Crippen LogP contribution in [0.2, 0.25) is 0 Å². The zero-order chi connectivity index (χ0) is 21.3. The van der Waals surface area contributed by atoms with E-state index in [9.17, 15) is 0 Å². The topological polar surface area (TPSA) is 27.8 Å². The molecule has 0 radical (unpaired) electrons.